The fourth-order valence-electron chi connectivity index (χ4n) is 2.77. The summed E-state index contributed by atoms with van der Waals surface area (Å²) in [7, 11) is 1.61. The molecular formula is C17H23NO4S. The molecule has 1 atom stereocenters. The van der Waals surface area contributed by atoms with Gasteiger partial charge in [0.2, 0.25) is 0 Å². The van der Waals surface area contributed by atoms with E-state index < -0.39 is 17.7 Å². The van der Waals surface area contributed by atoms with Crippen molar-refractivity contribution in [2.45, 2.75) is 32.7 Å². The highest BCUT2D eigenvalue weighted by Gasteiger charge is 2.43. The number of Topliss-reactive ketones (excluding diaryl/α,β-unsaturated/α-hetero) is 1. The van der Waals surface area contributed by atoms with Crippen LogP contribution in [0.5, 0.6) is 0 Å². The molecule has 1 amide bonds. The normalized spacial score (nSPS) is 18.3. The molecule has 0 saturated carbocycles. The van der Waals surface area contributed by atoms with Crippen molar-refractivity contribution in [3.05, 3.63) is 33.7 Å². The lowest BCUT2D eigenvalue weighted by atomic mass is 9.95. The van der Waals surface area contributed by atoms with Gasteiger partial charge in [0, 0.05) is 31.6 Å². The van der Waals surface area contributed by atoms with Crippen LogP contribution in [0.25, 0.3) is 0 Å². The first-order valence-corrected chi connectivity index (χ1v) is 8.65. The fraction of sp³-hybridized carbons (Fsp3) is 0.529. The van der Waals surface area contributed by atoms with Crippen LogP contribution in [0.3, 0.4) is 0 Å². The summed E-state index contributed by atoms with van der Waals surface area (Å²) in [6.07, 6.45) is 0.976. The molecule has 1 aliphatic rings. The summed E-state index contributed by atoms with van der Waals surface area (Å²) >= 11 is 1.48. The second-order valence-electron chi connectivity index (χ2n) is 6.05. The Morgan fingerprint density at radius 2 is 2.22 bits per heavy atom. The summed E-state index contributed by atoms with van der Waals surface area (Å²) in [6, 6.07) is 3.30. The number of thiophene rings is 1. The third kappa shape index (κ3) is 3.82. The van der Waals surface area contributed by atoms with Crippen LogP contribution in [0.1, 0.15) is 37.6 Å². The topological polar surface area (TPSA) is 66.8 Å². The summed E-state index contributed by atoms with van der Waals surface area (Å²) in [5.74, 6) is -0.846. The van der Waals surface area contributed by atoms with Crippen molar-refractivity contribution in [1.82, 2.24) is 4.90 Å². The molecule has 1 aromatic rings. The van der Waals surface area contributed by atoms with E-state index in [1.54, 1.807) is 12.0 Å². The van der Waals surface area contributed by atoms with E-state index in [0.29, 0.717) is 26.0 Å². The van der Waals surface area contributed by atoms with Crippen molar-refractivity contribution in [3.8, 4) is 0 Å². The van der Waals surface area contributed by atoms with Crippen molar-refractivity contribution in [1.29, 1.82) is 0 Å². The number of ether oxygens (including phenoxy) is 1. The summed E-state index contributed by atoms with van der Waals surface area (Å²) < 4.78 is 5.04. The molecule has 1 N–H and O–H groups in total. The third-order valence-electron chi connectivity index (χ3n) is 3.76. The van der Waals surface area contributed by atoms with E-state index >= 15 is 0 Å². The molecule has 0 aliphatic carbocycles. The van der Waals surface area contributed by atoms with E-state index in [1.165, 1.54) is 11.3 Å². The average Bonchev–Trinajstić information content (AvgIpc) is 3.08. The number of carbonyl (C=O) groups excluding carboxylic acids is 2. The average molecular weight is 337 g/mol. The Morgan fingerprint density at radius 3 is 2.78 bits per heavy atom. The highest BCUT2D eigenvalue weighted by Crippen LogP contribution is 2.40. The summed E-state index contributed by atoms with van der Waals surface area (Å²) in [5.41, 5.74) is 0.239. The fourth-order valence-corrected chi connectivity index (χ4v) is 3.62. The maximum atomic E-state index is 12.6. The Hall–Kier alpha value is -1.66. The van der Waals surface area contributed by atoms with Crippen LogP contribution < -0.4 is 0 Å². The molecular weight excluding hydrogens is 314 g/mol. The highest BCUT2D eigenvalue weighted by molar-refractivity contribution is 7.10. The standard InChI is InChI=1S/C17H23NO4S/c1-11(2)10-12(19)14-15(13-6-4-9-23-13)18(7-5-8-22-3)17(21)16(14)20/h4,6,9,11,15,20H,5,7-8,10H2,1-3H3. The first-order chi connectivity index (χ1) is 11.0. The Kier molecular flexibility index (Phi) is 5.96. The SMILES string of the molecule is COCCCN1C(=O)C(O)=C(C(=O)CC(C)C)C1c1cccs1. The number of ketones is 1. The zero-order chi connectivity index (χ0) is 17.0. The predicted molar refractivity (Wildman–Crippen MR) is 89.4 cm³/mol. The minimum Gasteiger partial charge on any atom is -0.503 e. The monoisotopic (exact) mass is 337 g/mol. The van der Waals surface area contributed by atoms with Crippen LogP contribution >= 0.6 is 11.3 Å². The molecule has 1 unspecified atom stereocenters. The van der Waals surface area contributed by atoms with E-state index in [4.69, 9.17) is 4.74 Å². The maximum Gasteiger partial charge on any atom is 0.290 e. The molecule has 6 heteroatoms. The first-order valence-electron chi connectivity index (χ1n) is 7.77. The number of hydrogen-bond acceptors (Lipinski definition) is 5. The van der Waals surface area contributed by atoms with Crippen molar-refractivity contribution in [3.63, 3.8) is 0 Å². The van der Waals surface area contributed by atoms with Crippen LogP contribution in [-0.2, 0) is 14.3 Å². The molecule has 0 saturated heterocycles. The van der Waals surface area contributed by atoms with Gasteiger partial charge in [0.15, 0.2) is 11.5 Å². The summed E-state index contributed by atoms with van der Waals surface area (Å²) in [5, 5.41) is 12.2. The van der Waals surface area contributed by atoms with Gasteiger partial charge in [-0.25, -0.2) is 0 Å². The van der Waals surface area contributed by atoms with Crippen LogP contribution in [-0.4, -0.2) is 42.0 Å². The number of rotatable bonds is 8. The van der Waals surface area contributed by atoms with Crippen molar-refractivity contribution >= 4 is 23.0 Å². The molecule has 1 aliphatic heterocycles. The van der Waals surface area contributed by atoms with E-state index in [0.717, 1.165) is 4.88 Å². The molecule has 5 nitrogen and oxygen atoms in total. The van der Waals surface area contributed by atoms with Crippen molar-refractivity contribution in [2.24, 2.45) is 5.92 Å². The minimum absolute atomic E-state index is 0.154. The summed E-state index contributed by atoms with van der Waals surface area (Å²) in [4.78, 5) is 27.5. The Morgan fingerprint density at radius 1 is 1.48 bits per heavy atom. The lowest BCUT2D eigenvalue weighted by Crippen LogP contribution is -2.32. The Bertz CT molecular complexity index is 592. The van der Waals surface area contributed by atoms with Gasteiger partial charge in [0.25, 0.3) is 5.91 Å². The molecule has 23 heavy (non-hydrogen) atoms. The highest BCUT2D eigenvalue weighted by atomic mass is 32.1. The minimum atomic E-state index is -0.481. The van der Waals surface area contributed by atoms with Gasteiger partial charge in [-0.3, -0.25) is 9.59 Å². The molecule has 2 rings (SSSR count). The third-order valence-corrected chi connectivity index (χ3v) is 4.68. The smallest absolute Gasteiger partial charge is 0.290 e. The zero-order valence-corrected chi connectivity index (χ0v) is 14.6. The number of amides is 1. The molecule has 126 valence electrons. The predicted octanol–water partition coefficient (Wildman–Crippen LogP) is 3.10. The van der Waals surface area contributed by atoms with Gasteiger partial charge in [0.1, 0.15) is 0 Å². The molecule has 0 fully saturated rings. The van der Waals surface area contributed by atoms with Gasteiger partial charge >= 0.3 is 0 Å². The Labute approximate surface area is 140 Å². The number of hydrogen-bond donors (Lipinski definition) is 1. The second-order valence-corrected chi connectivity index (χ2v) is 7.03. The maximum absolute atomic E-state index is 12.6. The molecule has 0 radical (unpaired) electrons. The van der Waals surface area contributed by atoms with Crippen LogP contribution in [0.2, 0.25) is 0 Å². The second kappa shape index (κ2) is 7.75. The quantitative estimate of drug-likeness (QED) is 0.740. The van der Waals surface area contributed by atoms with E-state index in [-0.39, 0.29) is 17.3 Å². The van der Waals surface area contributed by atoms with Gasteiger partial charge in [-0.2, -0.15) is 0 Å². The number of methoxy groups -OCH3 is 1. The molecule has 2 heterocycles. The molecule has 0 aromatic carbocycles. The number of nitrogens with zero attached hydrogens (tertiary/aromatic N) is 1. The van der Waals surface area contributed by atoms with E-state index in [1.807, 2.05) is 31.4 Å². The zero-order valence-electron chi connectivity index (χ0n) is 13.7. The van der Waals surface area contributed by atoms with E-state index in [2.05, 4.69) is 0 Å². The van der Waals surface area contributed by atoms with Crippen LogP contribution in [0.4, 0.5) is 0 Å². The van der Waals surface area contributed by atoms with Crippen molar-refractivity contribution in [2.75, 3.05) is 20.3 Å². The molecule has 0 spiro atoms. The van der Waals surface area contributed by atoms with Gasteiger partial charge in [-0.05, 0) is 23.8 Å². The number of aliphatic hydroxyl groups is 1. The number of aliphatic hydroxyl groups excluding tert-OH is 1. The Balaban J connectivity index is 2.33. The summed E-state index contributed by atoms with van der Waals surface area (Å²) in [6.45, 7) is 4.86. The van der Waals surface area contributed by atoms with E-state index in [9.17, 15) is 14.7 Å². The lowest BCUT2D eigenvalue weighted by Gasteiger charge is -2.25. The van der Waals surface area contributed by atoms with Gasteiger partial charge < -0.3 is 14.7 Å². The van der Waals surface area contributed by atoms with Gasteiger partial charge in [-0.1, -0.05) is 19.9 Å². The van der Waals surface area contributed by atoms with Crippen molar-refractivity contribution < 1.29 is 19.4 Å². The van der Waals surface area contributed by atoms with Crippen LogP contribution in [0, 0.1) is 5.92 Å². The molecule has 1 aromatic heterocycles. The van der Waals surface area contributed by atoms with Gasteiger partial charge in [0.05, 0.1) is 11.6 Å². The van der Waals surface area contributed by atoms with Gasteiger partial charge in [-0.15, -0.1) is 11.3 Å². The first kappa shape index (κ1) is 17.7. The largest absolute Gasteiger partial charge is 0.503 e. The molecule has 0 bridgehead atoms. The lowest BCUT2D eigenvalue weighted by molar-refractivity contribution is -0.129. The van der Waals surface area contributed by atoms with Crippen LogP contribution in [0.15, 0.2) is 28.8 Å². The number of carbonyl (C=O) groups is 2.